The summed E-state index contributed by atoms with van der Waals surface area (Å²) in [5, 5.41) is 16.0. The first kappa shape index (κ1) is 31.5. The van der Waals surface area contributed by atoms with Gasteiger partial charge in [0.2, 0.25) is 0 Å². The molecule has 10 rings (SSSR count). The molecule has 0 atom stereocenters. The first-order valence-corrected chi connectivity index (χ1v) is 18.3. The van der Waals surface area contributed by atoms with Crippen LogP contribution in [0.25, 0.3) is 88.6 Å². The standard InChI is InChI=1S/C50H34N4/c1-32-21-23-47-40(25-32)38-17-9-11-19-45(38)53(47)49-29-37(36-27-43(34-13-5-3-6-14-34)52-44(28-36)35-15-7-4-8-16-35)30-50(42(49)31-51)54-46-20-12-10-18-39(46)41-26-33(2)22-24-48(41)54/h3-30H,1-2H3. The molecular formula is C50H34N4. The Morgan fingerprint density at radius 3 is 1.28 bits per heavy atom. The molecule has 4 nitrogen and oxygen atoms in total. The maximum absolute atomic E-state index is 11.3. The van der Waals surface area contributed by atoms with Gasteiger partial charge in [-0.1, -0.05) is 120 Å². The molecule has 0 saturated carbocycles. The van der Waals surface area contributed by atoms with E-state index < -0.39 is 0 Å². The average Bonchev–Trinajstić information content (AvgIpc) is 3.72. The molecule has 4 heteroatoms. The zero-order valence-electron chi connectivity index (χ0n) is 30.0. The topological polar surface area (TPSA) is 46.5 Å². The summed E-state index contributed by atoms with van der Waals surface area (Å²) >= 11 is 0. The lowest BCUT2D eigenvalue weighted by atomic mass is 9.97. The number of nitrogens with zero attached hydrogens (tertiary/aromatic N) is 4. The van der Waals surface area contributed by atoms with Crippen LogP contribution in [-0.4, -0.2) is 14.1 Å². The van der Waals surface area contributed by atoms with Gasteiger partial charge in [0.15, 0.2) is 0 Å². The van der Waals surface area contributed by atoms with Crippen LogP contribution in [0, 0.1) is 25.2 Å². The molecule has 7 aromatic carbocycles. The number of benzene rings is 7. The van der Waals surface area contributed by atoms with Gasteiger partial charge in [0.05, 0.1) is 44.8 Å². The van der Waals surface area contributed by atoms with Crippen molar-refractivity contribution in [2.24, 2.45) is 0 Å². The Hall–Kier alpha value is -7.22. The van der Waals surface area contributed by atoms with E-state index >= 15 is 0 Å². The third kappa shape index (κ3) is 5.02. The van der Waals surface area contributed by atoms with Gasteiger partial charge in [-0.15, -0.1) is 0 Å². The van der Waals surface area contributed by atoms with E-state index in [2.05, 4.69) is 187 Å². The molecule has 3 aromatic heterocycles. The summed E-state index contributed by atoms with van der Waals surface area (Å²) in [5.41, 5.74) is 14.8. The van der Waals surface area contributed by atoms with Crippen LogP contribution in [-0.2, 0) is 0 Å². The van der Waals surface area contributed by atoms with Crippen molar-refractivity contribution in [2.45, 2.75) is 13.8 Å². The highest BCUT2D eigenvalue weighted by Gasteiger charge is 2.23. The van der Waals surface area contributed by atoms with Gasteiger partial charge in [0.25, 0.3) is 0 Å². The van der Waals surface area contributed by atoms with Crippen LogP contribution in [0.15, 0.2) is 170 Å². The summed E-state index contributed by atoms with van der Waals surface area (Å²) in [6.07, 6.45) is 0. The largest absolute Gasteiger partial charge is 0.308 e. The van der Waals surface area contributed by atoms with E-state index in [0.29, 0.717) is 5.56 Å². The predicted molar refractivity (Wildman–Crippen MR) is 223 cm³/mol. The first-order chi connectivity index (χ1) is 26.6. The molecule has 0 amide bonds. The molecule has 0 radical (unpaired) electrons. The van der Waals surface area contributed by atoms with Crippen molar-refractivity contribution >= 4 is 43.6 Å². The number of hydrogen-bond donors (Lipinski definition) is 0. The molecule has 10 aromatic rings. The van der Waals surface area contributed by atoms with Crippen molar-refractivity contribution < 1.29 is 0 Å². The lowest BCUT2D eigenvalue weighted by molar-refractivity contribution is 1.12. The van der Waals surface area contributed by atoms with Gasteiger partial charge in [0, 0.05) is 32.7 Å². The number of hydrogen-bond acceptors (Lipinski definition) is 2. The van der Waals surface area contributed by atoms with Crippen LogP contribution < -0.4 is 0 Å². The van der Waals surface area contributed by atoms with Gasteiger partial charge >= 0.3 is 0 Å². The molecule has 0 N–H and O–H groups in total. The monoisotopic (exact) mass is 690 g/mol. The Morgan fingerprint density at radius 1 is 0.407 bits per heavy atom. The SMILES string of the molecule is Cc1ccc2c(c1)c1ccccc1n2-c1cc(-c2cc(-c3ccccc3)nc(-c3ccccc3)c2)cc(-n2c3ccccc3c3cc(C)ccc32)c1C#N. The third-order valence-corrected chi connectivity index (χ3v) is 10.6. The molecule has 0 fully saturated rings. The number of para-hydroxylation sites is 2. The van der Waals surface area contributed by atoms with Crippen LogP contribution in [0.5, 0.6) is 0 Å². The molecular weight excluding hydrogens is 657 g/mol. The number of aromatic nitrogens is 3. The zero-order valence-corrected chi connectivity index (χ0v) is 30.0. The molecule has 0 bridgehead atoms. The number of fused-ring (bicyclic) bond motifs is 6. The van der Waals surface area contributed by atoms with Crippen molar-refractivity contribution in [3.63, 3.8) is 0 Å². The highest BCUT2D eigenvalue weighted by molar-refractivity contribution is 6.11. The Balaban J connectivity index is 1.36. The molecule has 0 aliphatic rings. The van der Waals surface area contributed by atoms with Gasteiger partial charge in [-0.05, 0) is 85.6 Å². The Bertz CT molecular complexity index is 2920. The average molecular weight is 691 g/mol. The van der Waals surface area contributed by atoms with Crippen molar-refractivity contribution in [3.05, 3.63) is 187 Å². The molecule has 0 unspecified atom stereocenters. The van der Waals surface area contributed by atoms with Gasteiger partial charge in [-0.2, -0.15) is 5.26 Å². The minimum Gasteiger partial charge on any atom is -0.308 e. The van der Waals surface area contributed by atoms with Gasteiger partial charge < -0.3 is 9.13 Å². The Labute approximate surface area is 313 Å². The minimum absolute atomic E-state index is 0.603. The lowest BCUT2D eigenvalue weighted by Crippen LogP contribution is -2.05. The number of rotatable bonds is 5. The van der Waals surface area contributed by atoms with Crippen molar-refractivity contribution in [2.75, 3.05) is 0 Å². The maximum Gasteiger partial charge on any atom is 0.104 e. The molecule has 54 heavy (non-hydrogen) atoms. The number of aryl methyl sites for hydroxylation is 2. The van der Waals surface area contributed by atoms with Gasteiger partial charge in [0.1, 0.15) is 11.6 Å². The van der Waals surface area contributed by atoms with Crippen LogP contribution in [0.4, 0.5) is 0 Å². The van der Waals surface area contributed by atoms with Crippen LogP contribution in [0.3, 0.4) is 0 Å². The highest BCUT2D eigenvalue weighted by Crippen LogP contribution is 2.41. The smallest absolute Gasteiger partial charge is 0.104 e. The first-order valence-electron chi connectivity index (χ1n) is 18.3. The summed E-state index contributed by atoms with van der Waals surface area (Å²) in [5.74, 6) is 0. The summed E-state index contributed by atoms with van der Waals surface area (Å²) in [4.78, 5) is 5.20. The fraction of sp³-hybridized carbons (Fsp3) is 0.0400. The number of pyridine rings is 1. The van der Waals surface area contributed by atoms with Crippen molar-refractivity contribution in [3.8, 4) is 51.1 Å². The quantitative estimate of drug-likeness (QED) is 0.180. The van der Waals surface area contributed by atoms with Crippen molar-refractivity contribution in [1.29, 1.82) is 5.26 Å². The Morgan fingerprint density at radius 2 is 0.815 bits per heavy atom. The second kappa shape index (κ2) is 12.5. The van der Waals surface area contributed by atoms with E-state index in [4.69, 9.17) is 4.98 Å². The van der Waals surface area contributed by atoms with E-state index in [0.717, 1.165) is 88.6 Å². The summed E-state index contributed by atoms with van der Waals surface area (Å²) in [7, 11) is 0. The third-order valence-electron chi connectivity index (χ3n) is 10.6. The van der Waals surface area contributed by atoms with Crippen LogP contribution in [0.1, 0.15) is 16.7 Å². The van der Waals surface area contributed by atoms with E-state index in [1.165, 1.54) is 11.1 Å². The summed E-state index contributed by atoms with van der Waals surface area (Å²) in [6.45, 7) is 4.26. The lowest BCUT2D eigenvalue weighted by Gasteiger charge is -2.19. The highest BCUT2D eigenvalue weighted by atomic mass is 15.0. The van der Waals surface area contributed by atoms with Crippen molar-refractivity contribution in [1.82, 2.24) is 14.1 Å². The van der Waals surface area contributed by atoms with Gasteiger partial charge in [-0.25, -0.2) is 4.98 Å². The second-order valence-corrected chi connectivity index (χ2v) is 14.1. The van der Waals surface area contributed by atoms with Crippen LogP contribution in [0.2, 0.25) is 0 Å². The summed E-state index contributed by atoms with van der Waals surface area (Å²) in [6, 6.07) is 62.4. The van der Waals surface area contributed by atoms with E-state index in [1.54, 1.807) is 0 Å². The normalized spacial score (nSPS) is 11.5. The molecule has 3 heterocycles. The van der Waals surface area contributed by atoms with E-state index in [1.807, 2.05) is 12.1 Å². The molecule has 0 saturated heterocycles. The molecule has 254 valence electrons. The maximum atomic E-state index is 11.3. The number of nitriles is 1. The van der Waals surface area contributed by atoms with Gasteiger partial charge in [-0.3, -0.25) is 0 Å². The van der Waals surface area contributed by atoms with E-state index in [-0.39, 0.29) is 0 Å². The fourth-order valence-corrected chi connectivity index (χ4v) is 8.15. The second-order valence-electron chi connectivity index (χ2n) is 14.1. The summed E-state index contributed by atoms with van der Waals surface area (Å²) < 4.78 is 4.57. The molecule has 0 aliphatic heterocycles. The van der Waals surface area contributed by atoms with E-state index in [9.17, 15) is 5.26 Å². The Kier molecular flexibility index (Phi) is 7.28. The predicted octanol–water partition coefficient (Wildman–Crippen LogP) is 12.8. The molecule has 0 aliphatic carbocycles. The van der Waals surface area contributed by atoms with Crippen LogP contribution >= 0.6 is 0 Å². The minimum atomic E-state index is 0.603. The fourth-order valence-electron chi connectivity index (χ4n) is 8.15. The molecule has 0 spiro atoms. The zero-order chi connectivity index (χ0) is 36.3.